The molecule has 0 atom stereocenters. The molecule has 1 fully saturated rings. The van der Waals surface area contributed by atoms with Crippen LogP contribution in [0.3, 0.4) is 0 Å². The van der Waals surface area contributed by atoms with Gasteiger partial charge in [0.15, 0.2) is 0 Å². The van der Waals surface area contributed by atoms with E-state index in [0.29, 0.717) is 0 Å². The van der Waals surface area contributed by atoms with Crippen molar-refractivity contribution in [2.24, 2.45) is 5.41 Å². The Morgan fingerprint density at radius 1 is 1.04 bits per heavy atom. The van der Waals surface area contributed by atoms with Crippen molar-refractivity contribution in [3.63, 3.8) is 0 Å². The van der Waals surface area contributed by atoms with Crippen LogP contribution in [0.2, 0.25) is 18.6 Å². The van der Waals surface area contributed by atoms with Crippen molar-refractivity contribution < 1.29 is 51.0 Å². The van der Waals surface area contributed by atoms with Crippen LogP contribution < -0.4 is 30.0 Å². The topological polar surface area (TPSA) is 0 Å². The molecule has 0 amide bonds. The summed E-state index contributed by atoms with van der Waals surface area (Å²) in [5, 5.41) is 4.55. The predicted octanol–water partition coefficient (Wildman–Crippen LogP) is 0.366. The van der Waals surface area contributed by atoms with E-state index in [-0.39, 0.29) is 56.4 Å². The first-order valence-corrected chi connectivity index (χ1v) is 12.1. The zero-order chi connectivity index (χ0) is 17.5. The fraction of sp³-hybridized carbons (Fsp3) is 0.435. The van der Waals surface area contributed by atoms with Gasteiger partial charge in [-0.15, -0.1) is 41.8 Å². The average molecular weight is 497 g/mol. The Morgan fingerprint density at radius 2 is 1.63 bits per heavy atom. The van der Waals surface area contributed by atoms with E-state index in [4.69, 9.17) is 0 Å². The third-order valence-electron chi connectivity index (χ3n) is 6.33. The van der Waals surface area contributed by atoms with Gasteiger partial charge in [0.1, 0.15) is 0 Å². The van der Waals surface area contributed by atoms with E-state index in [9.17, 15) is 0 Å². The Hall–Kier alpha value is -0.01000. The number of hydrogen-bond acceptors (Lipinski definition) is 0. The molecule has 144 valence electrons. The average Bonchev–Trinajstić information content (AvgIpc) is 3.01. The van der Waals surface area contributed by atoms with Crippen LogP contribution >= 0.6 is 0 Å². The van der Waals surface area contributed by atoms with E-state index in [1.807, 2.05) is 0 Å². The Balaban J connectivity index is 0.000000473. The van der Waals surface area contributed by atoms with Crippen molar-refractivity contribution in [2.45, 2.75) is 59.7 Å². The van der Waals surface area contributed by atoms with Gasteiger partial charge in [-0.3, -0.25) is 6.08 Å². The van der Waals surface area contributed by atoms with Crippen molar-refractivity contribution in [1.29, 1.82) is 0 Å². The van der Waals surface area contributed by atoms with Crippen molar-refractivity contribution >= 4 is 24.0 Å². The molecule has 2 aromatic rings. The molecule has 1 aliphatic carbocycles. The molecule has 1 saturated heterocycles. The molecule has 1 aliphatic heterocycles. The quantitative estimate of drug-likeness (QED) is 0.395. The van der Waals surface area contributed by atoms with E-state index in [0.717, 1.165) is 0 Å². The fourth-order valence-corrected chi connectivity index (χ4v) is 6.90. The van der Waals surface area contributed by atoms with E-state index < -0.39 is 8.07 Å². The summed E-state index contributed by atoms with van der Waals surface area (Å²) in [5.74, 6) is 0. The van der Waals surface area contributed by atoms with Crippen LogP contribution in [0, 0.1) is 11.5 Å². The molecule has 27 heavy (non-hydrogen) atoms. The first-order chi connectivity index (χ1) is 11.2. The van der Waals surface area contributed by atoms with E-state index in [1.165, 1.54) is 46.0 Å². The van der Waals surface area contributed by atoms with Gasteiger partial charge in [0.05, 0.1) is 8.07 Å². The van der Waals surface area contributed by atoms with Gasteiger partial charge >= 0.3 is 26.2 Å². The van der Waals surface area contributed by atoms with E-state index in [2.05, 4.69) is 83.6 Å². The maximum Gasteiger partial charge on any atom is 4.00 e. The maximum atomic E-state index is 3.44. The van der Waals surface area contributed by atoms with Crippen molar-refractivity contribution in [3.05, 3.63) is 59.2 Å². The van der Waals surface area contributed by atoms with Crippen LogP contribution in [-0.4, -0.2) is 8.07 Å². The fourth-order valence-electron chi connectivity index (χ4n) is 3.90. The second kappa shape index (κ2) is 10.1. The van der Waals surface area contributed by atoms with Gasteiger partial charge in [-0.1, -0.05) is 64.2 Å². The molecule has 2 aliphatic rings. The van der Waals surface area contributed by atoms with Crippen molar-refractivity contribution in [1.82, 2.24) is 0 Å². The van der Waals surface area contributed by atoms with Gasteiger partial charge in [-0.2, -0.15) is 22.6 Å². The smallest absolute Gasteiger partial charge is 1.00 e. The minimum absolute atomic E-state index is 0. The van der Waals surface area contributed by atoms with Gasteiger partial charge < -0.3 is 24.8 Å². The third kappa shape index (κ3) is 5.53. The zero-order valence-corrected chi connectivity index (χ0v) is 22.3. The summed E-state index contributed by atoms with van der Waals surface area (Å²) in [6.07, 6.45) is 4.90. The van der Waals surface area contributed by atoms with Gasteiger partial charge in [0, 0.05) is 0 Å². The number of benzene rings is 1. The molecule has 0 unspecified atom stereocenters. The summed E-state index contributed by atoms with van der Waals surface area (Å²) in [4.78, 5) is 0. The standard InChI is InChI=1S/C13H15Si.C10H15.2ClH.Zr/c1-14(7-4-8-14)13-9-11-5-2-3-6-12(11)10-13;1-7-6-10(4,5)9(3)8(7)2;;;/h2-3,5-6,9-10H,4,7-8H2,1H3;1-5H3;2*1H;/q2*-1;;;+4/p-2. The molecule has 0 spiro atoms. The molecule has 4 heteroatoms. The molecule has 0 radical (unpaired) electrons. The minimum atomic E-state index is -0.956. The normalized spacial score (nSPS) is 18.8. The minimum Gasteiger partial charge on any atom is -1.00 e. The molecule has 2 aromatic carbocycles. The molecule has 0 bridgehead atoms. The van der Waals surface area contributed by atoms with E-state index >= 15 is 0 Å². The van der Waals surface area contributed by atoms with Crippen molar-refractivity contribution in [2.75, 3.05) is 0 Å². The molecule has 0 nitrogen and oxygen atoms in total. The predicted molar refractivity (Wildman–Crippen MR) is 110 cm³/mol. The first kappa shape index (κ1) is 27.0. The third-order valence-corrected chi connectivity index (χ3v) is 10.9. The number of fused-ring (bicyclic) bond motifs is 1. The summed E-state index contributed by atoms with van der Waals surface area (Å²) in [6, 6.07) is 16.6. The zero-order valence-electron chi connectivity index (χ0n) is 17.3. The van der Waals surface area contributed by atoms with Gasteiger partial charge in [-0.25, -0.2) is 5.57 Å². The van der Waals surface area contributed by atoms with Crippen LogP contribution in [0.5, 0.6) is 0 Å². The largest absolute Gasteiger partial charge is 4.00 e. The monoisotopic (exact) mass is 494 g/mol. The van der Waals surface area contributed by atoms with E-state index in [1.54, 1.807) is 5.19 Å². The molecule has 4 rings (SSSR count). The SMILES string of the molecule is CC1=[C-]C(C)(C)C(C)=C1C.C[Si]1(c2cc3ccccc3[cH-]2)CCC1.[Cl-].[Cl-].[Zr+4]. The number of halogens is 2. The van der Waals surface area contributed by atoms with Crippen LogP contribution in [-0.2, 0) is 26.2 Å². The number of allylic oxidation sites excluding steroid dienone is 4. The molecule has 0 N–H and O–H groups in total. The molecular formula is C23H30Cl2SiZr. The molecule has 0 saturated carbocycles. The second-order valence-corrected chi connectivity index (χ2v) is 13.1. The summed E-state index contributed by atoms with van der Waals surface area (Å²) in [5.41, 5.74) is 4.39. The van der Waals surface area contributed by atoms with Gasteiger partial charge in [0.2, 0.25) is 0 Å². The first-order valence-electron chi connectivity index (χ1n) is 9.19. The maximum absolute atomic E-state index is 3.44. The van der Waals surface area contributed by atoms with Gasteiger partial charge in [-0.05, 0) is 0 Å². The van der Waals surface area contributed by atoms with Gasteiger partial charge in [0.25, 0.3) is 0 Å². The second-order valence-electron chi connectivity index (χ2n) is 8.41. The molecular weight excluding hydrogens is 466 g/mol. The Labute approximate surface area is 198 Å². The van der Waals surface area contributed by atoms with Crippen LogP contribution in [0.15, 0.2) is 53.1 Å². The van der Waals surface area contributed by atoms with Crippen LogP contribution in [0.25, 0.3) is 10.8 Å². The number of hydrogen-bond donors (Lipinski definition) is 0. The summed E-state index contributed by atoms with van der Waals surface area (Å²) in [7, 11) is -0.956. The Bertz CT molecular complexity index is 793. The Kier molecular flexibility index (Phi) is 10.1. The molecule has 1 heterocycles. The molecule has 0 aromatic heterocycles. The van der Waals surface area contributed by atoms with Crippen LogP contribution in [0.4, 0.5) is 0 Å². The van der Waals surface area contributed by atoms with Crippen LogP contribution in [0.1, 0.15) is 41.0 Å². The van der Waals surface area contributed by atoms with Crippen molar-refractivity contribution in [3.8, 4) is 0 Å². The Morgan fingerprint density at radius 3 is 2.00 bits per heavy atom. The summed E-state index contributed by atoms with van der Waals surface area (Å²) in [6.45, 7) is 13.5. The summed E-state index contributed by atoms with van der Waals surface area (Å²) < 4.78 is 0. The summed E-state index contributed by atoms with van der Waals surface area (Å²) >= 11 is 0. The number of rotatable bonds is 1.